The maximum absolute atomic E-state index is 13.8. The number of carbonyl (C=O) groups excluding carboxylic acids is 1. The second-order valence-corrected chi connectivity index (χ2v) is 6.99. The number of fused-ring (bicyclic) bond motifs is 1. The number of nitriles is 1. The molecule has 0 fully saturated rings. The summed E-state index contributed by atoms with van der Waals surface area (Å²) in [5.74, 6) is -1.57. The van der Waals surface area contributed by atoms with Gasteiger partial charge in [-0.2, -0.15) is 5.26 Å². The number of carbonyl (C=O) groups is 1. The van der Waals surface area contributed by atoms with E-state index in [1.807, 2.05) is 6.07 Å². The largest absolute Gasteiger partial charge is 0.440 e. The van der Waals surface area contributed by atoms with Crippen molar-refractivity contribution < 1.29 is 18.7 Å². The van der Waals surface area contributed by atoms with Gasteiger partial charge in [-0.05, 0) is 35.9 Å². The Morgan fingerprint density at radius 1 is 1.13 bits per heavy atom. The van der Waals surface area contributed by atoms with Gasteiger partial charge in [0.05, 0.1) is 11.5 Å². The van der Waals surface area contributed by atoms with Gasteiger partial charge in [0.25, 0.3) is 0 Å². The van der Waals surface area contributed by atoms with Gasteiger partial charge in [0.2, 0.25) is 5.88 Å². The third kappa shape index (κ3) is 3.59. The Morgan fingerprint density at radius 2 is 1.93 bits per heavy atom. The van der Waals surface area contributed by atoms with E-state index in [4.69, 9.17) is 26.8 Å². The average Bonchev–Trinajstić information content (AvgIpc) is 2.73. The molecule has 0 aromatic heterocycles. The van der Waals surface area contributed by atoms with Crippen molar-refractivity contribution in [3.63, 3.8) is 0 Å². The minimum Gasteiger partial charge on any atom is -0.440 e. The molecular formula is C23H14ClFN2O3. The van der Waals surface area contributed by atoms with Gasteiger partial charge in [-0.15, -0.1) is 0 Å². The highest BCUT2D eigenvalue weighted by Crippen LogP contribution is 2.43. The Hall–Kier alpha value is -3.82. The molecule has 7 heteroatoms. The quantitative estimate of drug-likeness (QED) is 0.480. The van der Waals surface area contributed by atoms with Crippen molar-refractivity contribution >= 4 is 17.6 Å². The molecule has 3 aromatic carbocycles. The van der Waals surface area contributed by atoms with Crippen LogP contribution in [0.15, 0.2) is 78.2 Å². The van der Waals surface area contributed by atoms with Crippen LogP contribution in [0.1, 0.15) is 27.4 Å². The lowest BCUT2D eigenvalue weighted by atomic mass is 9.83. The zero-order valence-corrected chi connectivity index (χ0v) is 16.2. The van der Waals surface area contributed by atoms with Gasteiger partial charge in [0, 0.05) is 16.7 Å². The van der Waals surface area contributed by atoms with Gasteiger partial charge >= 0.3 is 5.97 Å². The summed E-state index contributed by atoms with van der Waals surface area (Å²) in [5.41, 5.74) is 7.47. The van der Waals surface area contributed by atoms with Crippen molar-refractivity contribution in [2.45, 2.75) is 5.92 Å². The van der Waals surface area contributed by atoms with Gasteiger partial charge < -0.3 is 15.2 Å². The highest BCUT2D eigenvalue weighted by molar-refractivity contribution is 6.30. The van der Waals surface area contributed by atoms with Crippen LogP contribution in [0.25, 0.3) is 0 Å². The van der Waals surface area contributed by atoms with Crippen molar-refractivity contribution in [2.24, 2.45) is 5.73 Å². The summed E-state index contributed by atoms with van der Waals surface area (Å²) in [5, 5.41) is 10.1. The first-order valence-corrected chi connectivity index (χ1v) is 9.29. The molecule has 30 heavy (non-hydrogen) atoms. The molecule has 2 N–H and O–H groups in total. The fourth-order valence-electron chi connectivity index (χ4n) is 3.32. The monoisotopic (exact) mass is 420 g/mol. The number of rotatable bonds is 3. The molecule has 1 aliphatic heterocycles. The van der Waals surface area contributed by atoms with E-state index >= 15 is 0 Å². The third-order valence-corrected chi connectivity index (χ3v) is 4.91. The van der Waals surface area contributed by atoms with Gasteiger partial charge in [0.1, 0.15) is 29.0 Å². The fraction of sp³-hybridized carbons (Fsp3) is 0.0435. The molecule has 1 aliphatic rings. The molecule has 0 saturated carbocycles. The molecule has 0 saturated heterocycles. The van der Waals surface area contributed by atoms with E-state index < -0.39 is 17.7 Å². The van der Waals surface area contributed by atoms with E-state index in [9.17, 15) is 14.4 Å². The molecule has 0 spiro atoms. The molecule has 0 aliphatic carbocycles. The summed E-state index contributed by atoms with van der Waals surface area (Å²) in [4.78, 5) is 12.3. The van der Waals surface area contributed by atoms with Crippen molar-refractivity contribution in [3.05, 3.63) is 106 Å². The molecule has 0 bridgehead atoms. The maximum atomic E-state index is 13.8. The smallest absolute Gasteiger partial charge is 0.346 e. The predicted octanol–water partition coefficient (Wildman–Crippen LogP) is 4.92. The zero-order valence-electron chi connectivity index (χ0n) is 15.4. The summed E-state index contributed by atoms with van der Waals surface area (Å²) >= 11 is 6.12. The number of benzene rings is 3. The molecule has 5 nitrogen and oxygen atoms in total. The minimum absolute atomic E-state index is 0.0486. The summed E-state index contributed by atoms with van der Waals surface area (Å²) in [6, 6.07) is 19.4. The van der Waals surface area contributed by atoms with Crippen LogP contribution in [0.5, 0.6) is 11.5 Å². The van der Waals surface area contributed by atoms with Crippen molar-refractivity contribution in [1.82, 2.24) is 0 Å². The van der Waals surface area contributed by atoms with Crippen LogP contribution in [-0.2, 0) is 0 Å². The molecule has 4 rings (SSSR count). The summed E-state index contributed by atoms with van der Waals surface area (Å²) in [6.45, 7) is 0. The van der Waals surface area contributed by atoms with Gasteiger partial charge in [-0.1, -0.05) is 41.9 Å². The van der Waals surface area contributed by atoms with Crippen molar-refractivity contribution in [2.75, 3.05) is 0 Å². The summed E-state index contributed by atoms with van der Waals surface area (Å²) < 4.78 is 24.7. The first kappa shape index (κ1) is 19.5. The molecule has 1 heterocycles. The van der Waals surface area contributed by atoms with Gasteiger partial charge in [0.15, 0.2) is 0 Å². The fourth-order valence-corrected chi connectivity index (χ4v) is 3.52. The standard InChI is InChI=1S/C23H14ClFN2O3/c24-14-5-3-4-13(10-14)21-17-9-8-15(11-20(17)30-22(27)18(21)12-26)29-23(28)16-6-1-2-7-19(16)25/h1-11,21H,27H2. The number of allylic oxidation sites excluding steroid dienone is 1. The first-order chi connectivity index (χ1) is 14.5. The highest BCUT2D eigenvalue weighted by atomic mass is 35.5. The Morgan fingerprint density at radius 3 is 2.67 bits per heavy atom. The van der Waals surface area contributed by atoms with Crippen molar-refractivity contribution in [3.8, 4) is 17.6 Å². The average molecular weight is 421 g/mol. The van der Waals surface area contributed by atoms with E-state index in [0.29, 0.717) is 16.3 Å². The molecule has 1 atom stereocenters. The molecule has 0 radical (unpaired) electrons. The van der Waals surface area contributed by atoms with Crippen LogP contribution >= 0.6 is 11.6 Å². The number of hydrogen-bond acceptors (Lipinski definition) is 5. The second-order valence-electron chi connectivity index (χ2n) is 6.55. The minimum atomic E-state index is -0.837. The Balaban J connectivity index is 1.71. The highest BCUT2D eigenvalue weighted by Gasteiger charge is 2.31. The van der Waals surface area contributed by atoms with Crippen LogP contribution in [0, 0.1) is 17.1 Å². The second kappa shape index (κ2) is 7.90. The Kier molecular flexibility index (Phi) is 5.13. The lowest BCUT2D eigenvalue weighted by Crippen LogP contribution is -2.21. The lowest BCUT2D eigenvalue weighted by molar-refractivity contribution is 0.0729. The van der Waals surface area contributed by atoms with Crippen LogP contribution in [0.4, 0.5) is 4.39 Å². The zero-order chi connectivity index (χ0) is 21.3. The summed E-state index contributed by atoms with van der Waals surface area (Å²) in [6.07, 6.45) is 0. The van der Waals surface area contributed by atoms with E-state index in [2.05, 4.69) is 6.07 Å². The topological polar surface area (TPSA) is 85.3 Å². The van der Waals surface area contributed by atoms with Crippen LogP contribution in [0.2, 0.25) is 5.02 Å². The number of ether oxygens (including phenoxy) is 2. The van der Waals surface area contributed by atoms with E-state index in [0.717, 1.165) is 5.56 Å². The molecular weight excluding hydrogens is 407 g/mol. The SMILES string of the molecule is N#CC1=C(N)Oc2cc(OC(=O)c3ccccc3F)ccc2C1c1cccc(Cl)c1. The van der Waals surface area contributed by atoms with Gasteiger partial charge in [-0.3, -0.25) is 0 Å². The Labute approximate surface area is 176 Å². The number of nitrogens with zero attached hydrogens (tertiary/aromatic N) is 1. The van der Waals surface area contributed by atoms with Gasteiger partial charge in [-0.25, -0.2) is 9.18 Å². The maximum Gasteiger partial charge on any atom is 0.346 e. The molecule has 148 valence electrons. The molecule has 3 aromatic rings. The lowest BCUT2D eigenvalue weighted by Gasteiger charge is -2.26. The number of hydrogen-bond donors (Lipinski definition) is 1. The van der Waals surface area contributed by atoms with E-state index in [1.165, 1.54) is 24.3 Å². The number of esters is 1. The van der Waals surface area contributed by atoms with Crippen LogP contribution in [0.3, 0.4) is 0 Å². The number of halogens is 2. The van der Waals surface area contributed by atoms with Crippen LogP contribution < -0.4 is 15.2 Å². The molecule has 1 unspecified atom stereocenters. The van der Waals surface area contributed by atoms with E-state index in [1.54, 1.807) is 36.4 Å². The van der Waals surface area contributed by atoms with Crippen molar-refractivity contribution in [1.29, 1.82) is 5.26 Å². The van der Waals surface area contributed by atoms with E-state index in [-0.39, 0.29) is 22.8 Å². The third-order valence-electron chi connectivity index (χ3n) is 4.68. The molecule has 0 amide bonds. The normalized spacial score (nSPS) is 15.0. The number of nitrogens with two attached hydrogens (primary N) is 1. The first-order valence-electron chi connectivity index (χ1n) is 8.91. The van der Waals surface area contributed by atoms with Crippen LogP contribution in [-0.4, -0.2) is 5.97 Å². The predicted molar refractivity (Wildman–Crippen MR) is 109 cm³/mol. The summed E-state index contributed by atoms with van der Waals surface area (Å²) in [7, 11) is 0. The Bertz CT molecular complexity index is 1230.